The second-order valence-corrected chi connectivity index (χ2v) is 4.62. The summed E-state index contributed by atoms with van der Waals surface area (Å²) < 4.78 is 5.46. The molecule has 20 heavy (non-hydrogen) atoms. The Balaban J connectivity index is 2.29. The number of nitro groups is 1. The number of hydrogen-bond donors (Lipinski definition) is 1. The zero-order valence-corrected chi connectivity index (χ0v) is 11.4. The molecule has 1 aromatic carbocycles. The number of benzene rings is 1. The third-order valence-corrected chi connectivity index (χ3v) is 2.81. The topological polar surface area (TPSA) is 91.3 Å². The first-order chi connectivity index (χ1) is 9.47. The number of nitrogens with two attached hydrogens (primary N) is 1. The highest BCUT2D eigenvalue weighted by Gasteiger charge is 2.16. The Hall–Kier alpha value is -2.18. The van der Waals surface area contributed by atoms with Gasteiger partial charge in [0.25, 0.3) is 0 Å². The van der Waals surface area contributed by atoms with Crippen LogP contribution in [0.1, 0.15) is 18.7 Å². The normalized spacial score (nSPS) is 11.9. The molecule has 2 rings (SSSR count). The minimum absolute atomic E-state index is 0.0675. The molecule has 0 aliphatic heterocycles. The summed E-state index contributed by atoms with van der Waals surface area (Å²) >= 11 is 5.82. The average Bonchev–Trinajstić information content (AvgIpc) is 2.39. The Bertz CT molecular complexity index is 629. The molecule has 1 atom stereocenters. The molecule has 6 nitrogen and oxygen atoms in total. The van der Waals surface area contributed by atoms with Gasteiger partial charge in [0.15, 0.2) is 0 Å². The van der Waals surface area contributed by atoms with Gasteiger partial charge in [0, 0.05) is 23.2 Å². The summed E-state index contributed by atoms with van der Waals surface area (Å²) in [5.74, 6) is 0.442. The molecule has 1 aromatic heterocycles. The molecule has 0 aliphatic rings. The lowest BCUT2D eigenvalue weighted by molar-refractivity contribution is -0.385. The zero-order valence-electron chi connectivity index (χ0n) is 10.6. The van der Waals surface area contributed by atoms with Crippen molar-refractivity contribution in [2.75, 3.05) is 0 Å². The second-order valence-electron chi connectivity index (χ2n) is 4.18. The molecular weight excluding hydrogens is 282 g/mol. The maximum absolute atomic E-state index is 10.9. The van der Waals surface area contributed by atoms with E-state index in [9.17, 15) is 10.1 Å². The third kappa shape index (κ3) is 3.23. The molecule has 0 bridgehead atoms. The zero-order chi connectivity index (χ0) is 14.7. The van der Waals surface area contributed by atoms with Gasteiger partial charge in [-0.3, -0.25) is 15.1 Å². The maximum Gasteiger partial charge on any atom is 0.311 e. The molecule has 0 spiro atoms. The first-order valence-electron chi connectivity index (χ1n) is 5.80. The average molecular weight is 294 g/mol. The van der Waals surface area contributed by atoms with Crippen molar-refractivity contribution in [1.82, 2.24) is 4.98 Å². The standard InChI is InChI=1S/C13H12ClN3O3/c1-8(15)11-4-3-10(7-16-11)20-13-6-9(14)2-5-12(13)17(18)19/h2-8H,15H2,1H3. The summed E-state index contributed by atoms with van der Waals surface area (Å²) in [5.41, 5.74) is 6.23. The minimum atomic E-state index is -0.532. The van der Waals surface area contributed by atoms with E-state index in [1.165, 1.54) is 24.4 Å². The van der Waals surface area contributed by atoms with Gasteiger partial charge in [-0.2, -0.15) is 0 Å². The highest BCUT2D eigenvalue weighted by molar-refractivity contribution is 6.30. The van der Waals surface area contributed by atoms with Crippen LogP contribution in [0.15, 0.2) is 36.5 Å². The van der Waals surface area contributed by atoms with E-state index < -0.39 is 4.92 Å². The van der Waals surface area contributed by atoms with Gasteiger partial charge in [-0.25, -0.2) is 0 Å². The van der Waals surface area contributed by atoms with Crippen LogP contribution in [0.3, 0.4) is 0 Å². The summed E-state index contributed by atoms with van der Waals surface area (Å²) in [5, 5.41) is 11.3. The van der Waals surface area contributed by atoms with Crippen LogP contribution < -0.4 is 10.5 Å². The fourth-order valence-corrected chi connectivity index (χ4v) is 1.73. The first kappa shape index (κ1) is 14.2. The maximum atomic E-state index is 10.9. The van der Waals surface area contributed by atoms with Gasteiger partial charge < -0.3 is 10.5 Å². The summed E-state index contributed by atoms with van der Waals surface area (Å²) in [6.07, 6.45) is 1.46. The quantitative estimate of drug-likeness (QED) is 0.688. The largest absolute Gasteiger partial charge is 0.448 e. The van der Waals surface area contributed by atoms with E-state index in [1.54, 1.807) is 12.1 Å². The van der Waals surface area contributed by atoms with Crippen molar-refractivity contribution in [2.24, 2.45) is 5.73 Å². The van der Waals surface area contributed by atoms with Crippen LogP contribution in [-0.2, 0) is 0 Å². The molecule has 2 aromatic rings. The van der Waals surface area contributed by atoms with Gasteiger partial charge in [0.1, 0.15) is 5.75 Å². The van der Waals surface area contributed by atoms with Crippen LogP contribution in [0.2, 0.25) is 5.02 Å². The van der Waals surface area contributed by atoms with Gasteiger partial charge in [-0.05, 0) is 25.1 Å². The van der Waals surface area contributed by atoms with E-state index in [-0.39, 0.29) is 17.5 Å². The monoisotopic (exact) mass is 293 g/mol. The molecular formula is C13H12ClN3O3. The number of rotatable bonds is 4. The van der Waals surface area contributed by atoms with Crippen molar-refractivity contribution in [3.63, 3.8) is 0 Å². The van der Waals surface area contributed by atoms with E-state index in [1.807, 2.05) is 6.92 Å². The van der Waals surface area contributed by atoms with Crippen LogP contribution in [0.5, 0.6) is 11.5 Å². The lowest BCUT2D eigenvalue weighted by Gasteiger charge is -2.08. The molecule has 7 heteroatoms. The SMILES string of the molecule is CC(N)c1ccc(Oc2cc(Cl)ccc2[N+](=O)[O-])cn1. The molecule has 1 heterocycles. The summed E-state index contributed by atoms with van der Waals surface area (Å²) in [4.78, 5) is 14.5. The summed E-state index contributed by atoms with van der Waals surface area (Å²) in [6.45, 7) is 1.81. The van der Waals surface area contributed by atoms with Crippen LogP contribution in [-0.4, -0.2) is 9.91 Å². The van der Waals surface area contributed by atoms with Gasteiger partial charge in [-0.1, -0.05) is 11.6 Å². The molecule has 1 unspecified atom stereocenters. The van der Waals surface area contributed by atoms with Crippen LogP contribution >= 0.6 is 11.6 Å². The predicted octanol–water partition coefficient (Wildman–Crippen LogP) is 3.46. The van der Waals surface area contributed by atoms with E-state index >= 15 is 0 Å². The molecule has 2 N–H and O–H groups in total. The van der Waals surface area contributed by atoms with Gasteiger partial charge >= 0.3 is 5.69 Å². The highest BCUT2D eigenvalue weighted by atomic mass is 35.5. The van der Waals surface area contributed by atoms with Crippen LogP contribution in [0.25, 0.3) is 0 Å². The van der Waals surface area contributed by atoms with Crippen molar-refractivity contribution >= 4 is 17.3 Å². The number of aromatic nitrogens is 1. The lowest BCUT2D eigenvalue weighted by atomic mass is 10.2. The van der Waals surface area contributed by atoms with Gasteiger partial charge in [-0.15, -0.1) is 0 Å². The molecule has 104 valence electrons. The predicted molar refractivity (Wildman–Crippen MR) is 75.0 cm³/mol. The Morgan fingerprint density at radius 1 is 1.40 bits per heavy atom. The molecule has 0 saturated carbocycles. The van der Waals surface area contributed by atoms with Gasteiger partial charge in [0.2, 0.25) is 5.75 Å². The molecule has 0 amide bonds. The summed E-state index contributed by atoms with van der Waals surface area (Å²) in [7, 11) is 0. The fourth-order valence-electron chi connectivity index (χ4n) is 1.57. The molecule has 0 aliphatic carbocycles. The number of halogens is 1. The lowest BCUT2D eigenvalue weighted by Crippen LogP contribution is -2.06. The molecule has 0 radical (unpaired) electrons. The van der Waals surface area contributed by atoms with Crippen molar-refractivity contribution in [3.8, 4) is 11.5 Å². The Labute approximate surface area is 120 Å². The van der Waals surface area contributed by atoms with Crippen LogP contribution in [0, 0.1) is 10.1 Å². The number of pyridine rings is 1. The second kappa shape index (κ2) is 5.85. The molecule has 0 saturated heterocycles. The van der Waals surface area contributed by atoms with E-state index in [0.29, 0.717) is 16.5 Å². The summed E-state index contributed by atoms with van der Waals surface area (Å²) in [6, 6.07) is 7.28. The molecule has 0 fully saturated rings. The third-order valence-electron chi connectivity index (χ3n) is 2.57. The number of nitro benzene ring substituents is 1. The number of ether oxygens (including phenoxy) is 1. The first-order valence-corrected chi connectivity index (χ1v) is 6.18. The van der Waals surface area contributed by atoms with Gasteiger partial charge in [0.05, 0.1) is 16.8 Å². The van der Waals surface area contributed by atoms with Crippen molar-refractivity contribution < 1.29 is 9.66 Å². The number of nitrogens with zero attached hydrogens (tertiary/aromatic N) is 2. The van der Waals surface area contributed by atoms with Crippen LogP contribution in [0.4, 0.5) is 5.69 Å². The van der Waals surface area contributed by atoms with Crippen molar-refractivity contribution in [3.05, 3.63) is 57.4 Å². The Kier molecular flexibility index (Phi) is 4.16. The van der Waals surface area contributed by atoms with Crippen molar-refractivity contribution in [2.45, 2.75) is 13.0 Å². The number of hydrogen-bond acceptors (Lipinski definition) is 5. The fraction of sp³-hybridized carbons (Fsp3) is 0.154. The van der Waals surface area contributed by atoms with E-state index in [2.05, 4.69) is 4.98 Å². The smallest absolute Gasteiger partial charge is 0.311 e. The van der Waals surface area contributed by atoms with Crippen molar-refractivity contribution in [1.29, 1.82) is 0 Å². The Morgan fingerprint density at radius 2 is 2.15 bits per heavy atom. The Morgan fingerprint density at radius 3 is 2.70 bits per heavy atom. The van der Waals surface area contributed by atoms with E-state index in [0.717, 1.165) is 0 Å². The minimum Gasteiger partial charge on any atom is -0.448 e. The highest BCUT2D eigenvalue weighted by Crippen LogP contribution is 2.33. The van der Waals surface area contributed by atoms with E-state index in [4.69, 9.17) is 22.1 Å².